The Kier molecular flexibility index (Phi) is 1.44. The SMILES string of the molecule is C(#CC1CC1)c1cn[c]s1. The molecule has 2 heteroatoms. The van der Waals surface area contributed by atoms with Gasteiger partial charge >= 0.3 is 0 Å². The molecular weight excluding hydrogens is 142 g/mol. The standard InChI is InChI=1S/C8H6NS/c1-2-7(1)3-4-8-5-9-6-10-8/h5,7H,1-2H2. The van der Waals surface area contributed by atoms with Crippen LogP contribution in [0.25, 0.3) is 0 Å². The Morgan fingerprint density at radius 1 is 1.70 bits per heavy atom. The predicted molar refractivity (Wildman–Crippen MR) is 40.6 cm³/mol. The molecule has 1 saturated carbocycles. The highest BCUT2D eigenvalue weighted by atomic mass is 32.1. The van der Waals surface area contributed by atoms with E-state index >= 15 is 0 Å². The molecule has 0 atom stereocenters. The quantitative estimate of drug-likeness (QED) is 0.510. The third-order valence-electron chi connectivity index (χ3n) is 1.37. The summed E-state index contributed by atoms with van der Waals surface area (Å²) < 4.78 is 0. The fourth-order valence-electron chi connectivity index (χ4n) is 0.646. The van der Waals surface area contributed by atoms with Gasteiger partial charge in [0, 0.05) is 5.92 Å². The Morgan fingerprint density at radius 3 is 3.20 bits per heavy atom. The van der Waals surface area contributed by atoms with Crippen LogP contribution in [0.4, 0.5) is 0 Å². The lowest BCUT2D eigenvalue weighted by Crippen LogP contribution is -1.64. The normalized spacial score (nSPS) is 16.0. The zero-order valence-electron chi connectivity index (χ0n) is 5.42. The first-order valence-corrected chi connectivity index (χ1v) is 4.10. The Balaban J connectivity index is 2.09. The maximum absolute atomic E-state index is 3.81. The van der Waals surface area contributed by atoms with Gasteiger partial charge in [0.1, 0.15) is 0 Å². The molecule has 1 aliphatic rings. The van der Waals surface area contributed by atoms with Crippen molar-refractivity contribution in [1.82, 2.24) is 4.98 Å². The van der Waals surface area contributed by atoms with Gasteiger partial charge in [0.05, 0.1) is 11.1 Å². The van der Waals surface area contributed by atoms with Gasteiger partial charge in [0.2, 0.25) is 0 Å². The van der Waals surface area contributed by atoms with Crippen molar-refractivity contribution in [2.75, 3.05) is 0 Å². The molecule has 0 amide bonds. The third-order valence-corrected chi connectivity index (χ3v) is 1.99. The fraction of sp³-hybridized carbons (Fsp3) is 0.375. The van der Waals surface area contributed by atoms with E-state index in [1.54, 1.807) is 6.20 Å². The van der Waals surface area contributed by atoms with Gasteiger partial charge in [-0.3, -0.25) is 0 Å². The van der Waals surface area contributed by atoms with Gasteiger partial charge in [-0.15, -0.1) is 11.3 Å². The average molecular weight is 148 g/mol. The Morgan fingerprint density at radius 2 is 2.60 bits per heavy atom. The van der Waals surface area contributed by atoms with E-state index in [2.05, 4.69) is 22.3 Å². The maximum atomic E-state index is 3.81. The van der Waals surface area contributed by atoms with Crippen LogP contribution in [0.1, 0.15) is 17.7 Å². The largest absolute Gasteiger partial charge is 0.241 e. The van der Waals surface area contributed by atoms with Gasteiger partial charge in [-0.1, -0.05) is 11.8 Å². The smallest absolute Gasteiger partial charge is 0.153 e. The Bertz CT molecular complexity index is 261. The van der Waals surface area contributed by atoms with Crippen LogP contribution in [0.5, 0.6) is 0 Å². The lowest BCUT2D eigenvalue weighted by molar-refractivity contribution is 1.18. The first-order chi connectivity index (χ1) is 4.95. The summed E-state index contributed by atoms with van der Waals surface area (Å²) in [6, 6.07) is 0. The van der Waals surface area contributed by atoms with Gasteiger partial charge in [-0.05, 0) is 12.8 Å². The molecule has 1 radical (unpaired) electrons. The highest BCUT2D eigenvalue weighted by Crippen LogP contribution is 2.27. The zero-order valence-corrected chi connectivity index (χ0v) is 6.24. The number of hydrogen-bond donors (Lipinski definition) is 0. The molecular formula is C8H6NS. The molecule has 1 fully saturated rings. The van der Waals surface area contributed by atoms with Gasteiger partial charge in [-0.25, -0.2) is 4.98 Å². The molecule has 0 saturated heterocycles. The van der Waals surface area contributed by atoms with E-state index in [0.717, 1.165) is 4.88 Å². The molecule has 0 aromatic carbocycles. The van der Waals surface area contributed by atoms with E-state index < -0.39 is 0 Å². The summed E-state index contributed by atoms with van der Waals surface area (Å²) in [6.45, 7) is 0. The molecule has 0 bridgehead atoms. The minimum absolute atomic E-state index is 0.682. The lowest BCUT2D eigenvalue weighted by Gasteiger charge is -1.72. The fourth-order valence-corrected chi connectivity index (χ4v) is 1.06. The van der Waals surface area contributed by atoms with Crippen LogP contribution in [0.3, 0.4) is 0 Å². The predicted octanol–water partition coefficient (Wildman–Crippen LogP) is 1.70. The lowest BCUT2D eigenvalue weighted by atomic mass is 10.4. The van der Waals surface area contributed by atoms with Gasteiger partial charge in [0.25, 0.3) is 0 Å². The van der Waals surface area contributed by atoms with Crippen molar-refractivity contribution in [3.63, 3.8) is 0 Å². The van der Waals surface area contributed by atoms with Crippen LogP contribution >= 0.6 is 11.3 Å². The summed E-state index contributed by atoms with van der Waals surface area (Å²) in [5.41, 5.74) is 2.76. The van der Waals surface area contributed by atoms with E-state index in [4.69, 9.17) is 0 Å². The molecule has 1 aliphatic carbocycles. The second-order valence-electron chi connectivity index (χ2n) is 2.36. The van der Waals surface area contributed by atoms with E-state index in [-0.39, 0.29) is 0 Å². The van der Waals surface area contributed by atoms with E-state index in [1.165, 1.54) is 24.2 Å². The molecule has 0 spiro atoms. The van der Waals surface area contributed by atoms with Crippen LogP contribution in [-0.2, 0) is 0 Å². The van der Waals surface area contributed by atoms with Crippen LogP contribution in [0.2, 0.25) is 0 Å². The molecule has 2 rings (SSSR count). The summed E-state index contributed by atoms with van der Waals surface area (Å²) >= 11 is 1.48. The average Bonchev–Trinajstić information content (AvgIpc) is 2.63. The molecule has 1 aromatic rings. The summed E-state index contributed by atoms with van der Waals surface area (Å²) in [6.07, 6.45) is 4.34. The number of aromatic nitrogens is 1. The van der Waals surface area contributed by atoms with E-state index in [1.807, 2.05) is 0 Å². The van der Waals surface area contributed by atoms with Gasteiger partial charge < -0.3 is 0 Å². The molecule has 1 heterocycles. The summed E-state index contributed by atoms with van der Waals surface area (Å²) in [7, 11) is 0. The first-order valence-electron chi connectivity index (χ1n) is 3.28. The number of thiazole rings is 1. The topological polar surface area (TPSA) is 12.9 Å². The van der Waals surface area contributed by atoms with Crippen molar-refractivity contribution < 1.29 is 0 Å². The zero-order chi connectivity index (χ0) is 6.81. The van der Waals surface area contributed by atoms with E-state index in [9.17, 15) is 0 Å². The number of nitrogens with zero attached hydrogens (tertiary/aromatic N) is 1. The summed E-state index contributed by atoms with van der Waals surface area (Å²) in [5.74, 6) is 6.90. The van der Waals surface area contributed by atoms with Gasteiger partial charge in [0.15, 0.2) is 5.51 Å². The molecule has 1 nitrogen and oxygen atoms in total. The van der Waals surface area contributed by atoms with Gasteiger partial charge in [-0.2, -0.15) is 0 Å². The van der Waals surface area contributed by atoms with Crippen molar-refractivity contribution >= 4 is 11.3 Å². The van der Waals surface area contributed by atoms with Crippen molar-refractivity contribution in [1.29, 1.82) is 0 Å². The van der Waals surface area contributed by atoms with Crippen molar-refractivity contribution in [2.45, 2.75) is 12.8 Å². The monoisotopic (exact) mass is 148 g/mol. The van der Waals surface area contributed by atoms with Crippen LogP contribution in [0, 0.1) is 23.3 Å². The van der Waals surface area contributed by atoms with Crippen LogP contribution < -0.4 is 0 Å². The maximum Gasteiger partial charge on any atom is 0.153 e. The molecule has 10 heavy (non-hydrogen) atoms. The minimum atomic E-state index is 0.682. The molecule has 49 valence electrons. The second-order valence-corrected chi connectivity index (χ2v) is 3.19. The van der Waals surface area contributed by atoms with Crippen molar-refractivity contribution in [3.8, 4) is 11.8 Å². The Hall–Kier alpha value is -0.810. The first kappa shape index (κ1) is 5.94. The molecule has 0 unspecified atom stereocenters. The number of hydrogen-bond acceptors (Lipinski definition) is 2. The highest BCUT2D eigenvalue weighted by molar-refractivity contribution is 7.09. The number of rotatable bonds is 0. The Labute approximate surface area is 64.1 Å². The molecule has 1 aromatic heterocycles. The molecule has 0 N–H and O–H groups in total. The summed E-state index contributed by atoms with van der Waals surface area (Å²) in [4.78, 5) is 4.85. The van der Waals surface area contributed by atoms with Crippen LogP contribution in [0.15, 0.2) is 6.20 Å². The second kappa shape index (κ2) is 2.43. The van der Waals surface area contributed by atoms with Crippen molar-refractivity contribution in [3.05, 3.63) is 16.6 Å². The van der Waals surface area contributed by atoms with Crippen LogP contribution in [-0.4, -0.2) is 4.98 Å². The summed E-state index contributed by atoms with van der Waals surface area (Å²) in [5, 5.41) is 0. The van der Waals surface area contributed by atoms with Crippen molar-refractivity contribution in [2.24, 2.45) is 5.92 Å². The van der Waals surface area contributed by atoms with E-state index in [0.29, 0.717) is 5.92 Å². The molecule has 0 aliphatic heterocycles. The minimum Gasteiger partial charge on any atom is -0.241 e. The third kappa shape index (κ3) is 1.37. The highest BCUT2D eigenvalue weighted by Gasteiger charge is 2.17.